The minimum absolute atomic E-state index is 0.00472. The number of nitrogens with one attached hydrogen (secondary N) is 1. The summed E-state index contributed by atoms with van der Waals surface area (Å²) >= 11 is 0. The zero-order valence-electron chi connectivity index (χ0n) is 36.6. The van der Waals surface area contributed by atoms with E-state index in [2.05, 4.69) is 39.1 Å². The lowest BCUT2D eigenvalue weighted by Crippen LogP contribution is -2.66. The summed E-state index contributed by atoms with van der Waals surface area (Å²) in [5.74, 6) is 3.43. The number of rotatable bonds is 7. The second-order valence-electron chi connectivity index (χ2n) is 21.2. The van der Waals surface area contributed by atoms with Gasteiger partial charge in [0, 0.05) is 12.5 Å². The molecule has 0 bridgehead atoms. The summed E-state index contributed by atoms with van der Waals surface area (Å²) in [6, 6.07) is 0. The van der Waals surface area contributed by atoms with E-state index in [9.17, 15) is 40.9 Å². The van der Waals surface area contributed by atoms with Gasteiger partial charge in [0.15, 0.2) is 18.9 Å². The molecule has 9 N–H and O–H groups in total. The van der Waals surface area contributed by atoms with Crippen molar-refractivity contribution >= 4 is 0 Å². The third-order valence-corrected chi connectivity index (χ3v) is 17.9. The average Bonchev–Trinajstić information content (AvgIpc) is 3.69. The van der Waals surface area contributed by atoms with Crippen LogP contribution in [0.5, 0.6) is 0 Å². The maximum atomic E-state index is 12.0. The number of ether oxygens (including phenoxy) is 7. The number of hydrogen-bond acceptors (Lipinski definition) is 16. The topological polar surface area (TPSA) is 238 Å². The van der Waals surface area contributed by atoms with Gasteiger partial charge in [-0.1, -0.05) is 39.3 Å². The van der Waals surface area contributed by atoms with Crippen LogP contribution in [0.4, 0.5) is 0 Å². The standard InChI is InChI=1S/C45H73NO15/c1-19-9-14-45(46-17-19)20(2)30-28(61-45)16-27-25-8-7-23-15-24(10-12-43(23,5)26(25)11-13-44(27,30)6)57-42-39(60-41-36(53)34(51)32(49)22(4)56-41)37(54)38(29(18-47)58-42)59-40-35(52)33(50)31(48)21(3)55-40/h7,19-22,24-42,46-54H,8-18H2,1-6H3/t19?,20?,21?,22?,24?,25-,26+,27+,28-,29?,30-,31?,32?,33?,34?,35?,36?,37?,38?,39?,40+,41+,42+,43+,44-,45-/m1/s1. The Hall–Kier alpha value is -0.900. The Bertz CT molecular complexity index is 1600. The highest BCUT2D eigenvalue weighted by Crippen LogP contribution is 2.70. The van der Waals surface area contributed by atoms with Gasteiger partial charge in [-0.15, -0.1) is 0 Å². The Morgan fingerprint density at radius 1 is 0.705 bits per heavy atom. The van der Waals surface area contributed by atoms with Crippen molar-refractivity contribution in [1.82, 2.24) is 5.32 Å². The highest BCUT2D eigenvalue weighted by Gasteiger charge is 2.68. The van der Waals surface area contributed by atoms with Crippen LogP contribution in [-0.2, 0) is 33.2 Å². The fourth-order valence-electron chi connectivity index (χ4n) is 14.2. The molecule has 9 rings (SSSR count). The third kappa shape index (κ3) is 7.42. The molecular formula is C45H73NO15. The Balaban J connectivity index is 0.916. The van der Waals surface area contributed by atoms with Crippen LogP contribution in [0.15, 0.2) is 11.6 Å². The fourth-order valence-corrected chi connectivity index (χ4v) is 14.2. The normalized spacial score (nSPS) is 58.4. The predicted octanol–water partition coefficient (Wildman–Crippen LogP) is 0.815. The molecule has 16 nitrogen and oxygen atoms in total. The van der Waals surface area contributed by atoms with Crippen molar-refractivity contribution in [3.8, 4) is 0 Å². The number of aliphatic hydroxyl groups is 8. The third-order valence-electron chi connectivity index (χ3n) is 17.9. The van der Waals surface area contributed by atoms with E-state index < -0.39 is 98.7 Å². The van der Waals surface area contributed by atoms with Gasteiger partial charge >= 0.3 is 0 Å². The summed E-state index contributed by atoms with van der Waals surface area (Å²) in [6.45, 7) is 13.2. The van der Waals surface area contributed by atoms with Crippen LogP contribution < -0.4 is 5.32 Å². The van der Waals surface area contributed by atoms with Gasteiger partial charge in [-0.2, -0.15) is 0 Å². The van der Waals surface area contributed by atoms with E-state index in [1.807, 2.05) is 0 Å². The van der Waals surface area contributed by atoms with Gasteiger partial charge in [0.05, 0.1) is 31.0 Å². The summed E-state index contributed by atoms with van der Waals surface area (Å²) in [7, 11) is 0. The molecule has 0 aromatic heterocycles. The molecule has 0 radical (unpaired) electrons. The molecule has 0 aromatic carbocycles. The van der Waals surface area contributed by atoms with E-state index in [-0.39, 0.29) is 22.7 Å². The monoisotopic (exact) mass is 867 g/mol. The molecule has 1 spiro atoms. The molecule has 4 aliphatic carbocycles. The van der Waals surface area contributed by atoms with Gasteiger partial charge in [-0.3, -0.25) is 5.32 Å². The van der Waals surface area contributed by atoms with E-state index in [1.165, 1.54) is 38.7 Å². The smallest absolute Gasteiger partial charge is 0.187 e. The zero-order valence-corrected chi connectivity index (χ0v) is 36.6. The molecule has 3 saturated carbocycles. The Morgan fingerprint density at radius 3 is 1.98 bits per heavy atom. The zero-order chi connectivity index (χ0) is 43.5. The summed E-state index contributed by atoms with van der Waals surface area (Å²) in [4.78, 5) is 0. The second-order valence-corrected chi connectivity index (χ2v) is 21.2. The van der Waals surface area contributed by atoms with E-state index in [1.54, 1.807) is 0 Å². The molecule has 0 aromatic rings. The lowest BCUT2D eigenvalue weighted by atomic mass is 9.47. The lowest BCUT2D eigenvalue weighted by Gasteiger charge is -2.59. The van der Waals surface area contributed by atoms with Crippen molar-refractivity contribution < 1.29 is 74.0 Å². The maximum absolute atomic E-state index is 12.0. The van der Waals surface area contributed by atoms with Crippen molar-refractivity contribution in [1.29, 1.82) is 0 Å². The van der Waals surface area contributed by atoms with Crippen LogP contribution in [0.25, 0.3) is 0 Å². The minimum Gasteiger partial charge on any atom is -0.394 e. The number of piperidine rings is 1. The van der Waals surface area contributed by atoms with Gasteiger partial charge < -0.3 is 74.0 Å². The molecule has 5 aliphatic heterocycles. The molecule has 8 fully saturated rings. The summed E-state index contributed by atoms with van der Waals surface area (Å²) in [5, 5.41) is 89.8. The molecular weight excluding hydrogens is 794 g/mol. The van der Waals surface area contributed by atoms with Gasteiger partial charge in [-0.05, 0) is 112 Å². The molecule has 0 amide bonds. The average molecular weight is 868 g/mol. The lowest BCUT2D eigenvalue weighted by molar-refractivity contribution is -0.388. The van der Waals surface area contributed by atoms with Crippen molar-refractivity contribution in [2.45, 2.75) is 209 Å². The SMILES string of the molecule is CC1CC[C@@]2(NC1)O[C@@H]1C[C@H]3[C@@H]4CC=C5CC(O[C@H]6OC(CO)C(O[C@@H]7OC(C)C(O)C(O)C7O)C(O)C6O[C@@H]6OC(C)C(O)C(O)C6O)CC[C@]5(C)[C@H]4CC[C@@]3(C)[C@@H]1C2C. The second kappa shape index (κ2) is 16.8. The predicted molar refractivity (Wildman–Crippen MR) is 215 cm³/mol. The number of allylic oxidation sites excluding steroid dienone is 1. The van der Waals surface area contributed by atoms with Gasteiger partial charge in [-0.25, -0.2) is 0 Å². The van der Waals surface area contributed by atoms with Crippen molar-refractivity contribution in [2.75, 3.05) is 13.2 Å². The molecule has 16 heteroatoms. The van der Waals surface area contributed by atoms with Crippen LogP contribution in [0, 0.1) is 46.3 Å². The molecule has 9 aliphatic rings. The molecule has 5 heterocycles. The van der Waals surface area contributed by atoms with Crippen molar-refractivity contribution in [3.05, 3.63) is 11.6 Å². The molecule has 15 unspecified atom stereocenters. The first-order valence-corrected chi connectivity index (χ1v) is 23.3. The van der Waals surface area contributed by atoms with Crippen LogP contribution in [0.2, 0.25) is 0 Å². The number of fused-ring (bicyclic) bond motifs is 7. The van der Waals surface area contributed by atoms with Gasteiger partial charge in [0.2, 0.25) is 0 Å². The highest BCUT2D eigenvalue weighted by atomic mass is 16.8. The summed E-state index contributed by atoms with van der Waals surface area (Å²) in [5.41, 5.74) is 1.41. The Morgan fingerprint density at radius 2 is 1.36 bits per heavy atom. The van der Waals surface area contributed by atoms with E-state index in [0.717, 1.165) is 32.2 Å². The molecule has 5 saturated heterocycles. The summed E-state index contributed by atoms with van der Waals surface area (Å²) in [6.07, 6.45) is -9.93. The minimum atomic E-state index is -1.70. The van der Waals surface area contributed by atoms with Crippen molar-refractivity contribution in [3.63, 3.8) is 0 Å². The molecule has 26 atom stereocenters. The van der Waals surface area contributed by atoms with Gasteiger partial charge in [0.25, 0.3) is 0 Å². The Labute approximate surface area is 359 Å². The van der Waals surface area contributed by atoms with E-state index >= 15 is 0 Å². The molecule has 348 valence electrons. The molecule has 61 heavy (non-hydrogen) atoms. The van der Waals surface area contributed by atoms with E-state index in [4.69, 9.17) is 33.2 Å². The largest absolute Gasteiger partial charge is 0.394 e. The number of hydrogen-bond donors (Lipinski definition) is 9. The van der Waals surface area contributed by atoms with Crippen LogP contribution in [-0.4, -0.2) is 164 Å². The first-order chi connectivity index (χ1) is 28.9. The van der Waals surface area contributed by atoms with Crippen LogP contribution in [0.3, 0.4) is 0 Å². The first-order valence-electron chi connectivity index (χ1n) is 23.3. The quantitative estimate of drug-likeness (QED) is 0.161. The van der Waals surface area contributed by atoms with Crippen LogP contribution in [0.1, 0.15) is 99.3 Å². The maximum Gasteiger partial charge on any atom is 0.187 e. The Kier molecular flexibility index (Phi) is 12.4. The van der Waals surface area contributed by atoms with Gasteiger partial charge in [0.1, 0.15) is 66.8 Å². The fraction of sp³-hybridized carbons (Fsp3) is 0.956. The highest BCUT2D eigenvalue weighted by molar-refractivity contribution is 5.26. The van der Waals surface area contributed by atoms with Crippen molar-refractivity contribution in [2.24, 2.45) is 46.3 Å². The number of aliphatic hydroxyl groups excluding tert-OH is 8. The first kappa shape index (κ1) is 45.3. The summed E-state index contributed by atoms with van der Waals surface area (Å²) < 4.78 is 43.7. The van der Waals surface area contributed by atoms with E-state index in [0.29, 0.717) is 54.5 Å². The van der Waals surface area contributed by atoms with Crippen LogP contribution >= 0.6 is 0 Å².